The standard InChI is InChI=1S/C12H20N3S/c1-3-12-14(7-4-6-13)9-10-15(12)8-5-11-16-2/h9-10H,3-5,7-8,11H2,1-2H3/q+1. The average Bonchev–Trinajstić information content (AvgIpc) is 2.69. The molecular weight excluding hydrogens is 218 g/mol. The summed E-state index contributed by atoms with van der Waals surface area (Å²) in [4.78, 5) is 0. The van der Waals surface area contributed by atoms with Crippen molar-refractivity contribution in [3.8, 4) is 6.07 Å². The van der Waals surface area contributed by atoms with Crippen LogP contribution in [0.2, 0.25) is 0 Å². The van der Waals surface area contributed by atoms with E-state index in [0.29, 0.717) is 6.42 Å². The van der Waals surface area contributed by atoms with Gasteiger partial charge in [-0.05, 0) is 18.4 Å². The van der Waals surface area contributed by atoms with Gasteiger partial charge in [-0.25, -0.2) is 9.13 Å². The third kappa shape index (κ3) is 3.57. The van der Waals surface area contributed by atoms with E-state index in [1.807, 2.05) is 11.8 Å². The van der Waals surface area contributed by atoms with Gasteiger partial charge in [0.25, 0.3) is 5.82 Å². The van der Waals surface area contributed by atoms with Gasteiger partial charge in [-0.3, -0.25) is 0 Å². The number of imidazole rings is 1. The summed E-state index contributed by atoms with van der Waals surface area (Å²) in [6, 6.07) is 2.20. The second-order valence-corrected chi connectivity index (χ2v) is 4.69. The zero-order valence-corrected chi connectivity index (χ0v) is 11.0. The van der Waals surface area contributed by atoms with Gasteiger partial charge < -0.3 is 0 Å². The Hall–Kier alpha value is -0.950. The maximum atomic E-state index is 8.60. The SMILES string of the molecule is CCc1n(CCCSC)cc[n+]1CCC#N. The van der Waals surface area contributed by atoms with Gasteiger partial charge in [0.2, 0.25) is 0 Å². The number of hydrogen-bond acceptors (Lipinski definition) is 2. The van der Waals surface area contributed by atoms with Crippen LogP contribution in [-0.2, 0) is 19.5 Å². The Morgan fingerprint density at radius 1 is 1.56 bits per heavy atom. The minimum Gasteiger partial charge on any atom is -0.234 e. The second-order valence-electron chi connectivity index (χ2n) is 3.71. The van der Waals surface area contributed by atoms with Crippen molar-refractivity contribution in [2.24, 2.45) is 0 Å². The first-order valence-corrected chi connectivity index (χ1v) is 7.16. The molecule has 0 bridgehead atoms. The first kappa shape index (κ1) is 13.1. The smallest absolute Gasteiger partial charge is 0.234 e. The predicted molar refractivity (Wildman–Crippen MR) is 67.2 cm³/mol. The number of rotatable bonds is 7. The van der Waals surface area contributed by atoms with Crippen LogP contribution in [0.5, 0.6) is 0 Å². The van der Waals surface area contributed by atoms with E-state index in [2.05, 4.69) is 40.8 Å². The van der Waals surface area contributed by atoms with Crippen LogP contribution in [0.1, 0.15) is 25.6 Å². The zero-order chi connectivity index (χ0) is 11.8. The molecule has 0 radical (unpaired) electrons. The van der Waals surface area contributed by atoms with Gasteiger partial charge >= 0.3 is 0 Å². The molecule has 0 saturated heterocycles. The summed E-state index contributed by atoms with van der Waals surface area (Å²) in [5, 5.41) is 8.60. The van der Waals surface area contributed by atoms with Crippen LogP contribution < -0.4 is 4.57 Å². The summed E-state index contributed by atoms with van der Waals surface area (Å²) in [6.07, 6.45) is 9.20. The van der Waals surface area contributed by atoms with Gasteiger partial charge in [0.05, 0.1) is 19.0 Å². The highest BCUT2D eigenvalue weighted by Gasteiger charge is 2.13. The molecule has 0 aliphatic heterocycles. The zero-order valence-electron chi connectivity index (χ0n) is 10.1. The molecule has 1 aromatic rings. The molecule has 16 heavy (non-hydrogen) atoms. The topological polar surface area (TPSA) is 32.6 Å². The molecule has 1 rings (SSSR count). The third-order valence-corrected chi connectivity index (χ3v) is 3.31. The number of aromatic nitrogens is 2. The Morgan fingerprint density at radius 2 is 2.38 bits per heavy atom. The van der Waals surface area contributed by atoms with Gasteiger partial charge in [-0.2, -0.15) is 17.0 Å². The van der Waals surface area contributed by atoms with Crippen molar-refractivity contribution in [1.82, 2.24) is 4.57 Å². The third-order valence-electron chi connectivity index (χ3n) is 2.62. The Balaban J connectivity index is 2.63. The lowest BCUT2D eigenvalue weighted by molar-refractivity contribution is -0.702. The van der Waals surface area contributed by atoms with E-state index in [9.17, 15) is 0 Å². The number of aryl methyl sites for hydroxylation is 2. The van der Waals surface area contributed by atoms with E-state index >= 15 is 0 Å². The van der Waals surface area contributed by atoms with Gasteiger partial charge in [-0.1, -0.05) is 6.92 Å². The van der Waals surface area contributed by atoms with Crippen molar-refractivity contribution >= 4 is 11.8 Å². The van der Waals surface area contributed by atoms with Crippen molar-refractivity contribution in [3.05, 3.63) is 18.2 Å². The fraction of sp³-hybridized carbons (Fsp3) is 0.667. The molecule has 0 unspecified atom stereocenters. The molecule has 0 aliphatic rings. The average molecular weight is 238 g/mol. The highest BCUT2D eigenvalue weighted by molar-refractivity contribution is 7.98. The van der Waals surface area contributed by atoms with E-state index in [1.165, 1.54) is 18.0 Å². The molecule has 88 valence electrons. The summed E-state index contributed by atoms with van der Waals surface area (Å²) in [5.74, 6) is 2.54. The van der Waals surface area contributed by atoms with Gasteiger partial charge in [-0.15, -0.1) is 0 Å². The van der Waals surface area contributed by atoms with E-state index in [1.54, 1.807) is 0 Å². The minimum atomic E-state index is 0.590. The van der Waals surface area contributed by atoms with Gasteiger partial charge in [0, 0.05) is 6.42 Å². The lowest BCUT2D eigenvalue weighted by atomic mass is 10.4. The lowest BCUT2D eigenvalue weighted by Crippen LogP contribution is -2.36. The molecule has 0 fully saturated rings. The van der Waals surface area contributed by atoms with Crippen LogP contribution in [0.3, 0.4) is 0 Å². The van der Waals surface area contributed by atoms with E-state index < -0.39 is 0 Å². The molecule has 0 aliphatic carbocycles. The fourth-order valence-electron chi connectivity index (χ4n) is 1.86. The van der Waals surface area contributed by atoms with Crippen molar-refractivity contribution in [2.75, 3.05) is 12.0 Å². The molecule has 0 saturated carbocycles. The fourth-order valence-corrected chi connectivity index (χ4v) is 2.28. The highest BCUT2D eigenvalue weighted by atomic mass is 32.2. The van der Waals surface area contributed by atoms with Gasteiger partial charge in [0.1, 0.15) is 18.9 Å². The first-order chi connectivity index (χ1) is 7.83. The maximum absolute atomic E-state index is 8.60. The maximum Gasteiger partial charge on any atom is 0.256 e. The number of hydrogen-bond donors (Lipinski definition) is 0. The molecule has 0 spiro atoms. The molecule has 0 atom stereocenters. The number of nitrogens with zero attached hydrogens (tertiary/aromatic N) is 3. The van der Waals surface area contributed by atoms with Crippen molar-refractivity contribution in [1.29, 1.82) is 5.26 Å². The van der Waals surface area contributed by atoms with Crippen LogP contribution in [0.4, 0.5) is 0 Å². The van der Waals surface area contributed by atoms with E-state index in [4.69, 9.17) is 5.26 Å². The van der Waals surface area contributed by atoms with E-state index in [-0.39, 0.29) is 0 Å². The molecule has 0 N–H and O–H groups in total. The van der Waals surface area contributed by atoms with Crippen molar-refractivity contribution < 1.29 is 4.57 Å². The monoisotopic (exact) mass is 238 g/mol. The van der Waals surface area contributed by atoms with Crippen LogP contribution in [0.25, 0.3) is 0 Å². The molecule has 0 amide bonds. The van der Waals surface area contributed by atoms with Crippen LogP contribution in [-0.4, -0.2) is 16.6 Å². The summed E-state index contributed by atoms with van der Waals surface area (Å²) in [7, 11) is 0. The molecular formula is C12H20N3S+. The Labute approximate surface area is 102 Å². The predicted octanol–water partition coefficient (Wildman–Crippen LogP) is 2.00. The highest BCUT2D eigenvalue weighted by Crippen LogP contribution is 2.02. The summed E-state index contributed by atoms with van der Waals surface area (Å²) in [5.41, 5.74) is 0. The van der Waals surface area contributed by atoms with Crippen molar-refractivity contribution in [3.63, 3.8) is 0 Å². The Bertz CT molecular complexity index is 352. The lowest BCUT2D eigenvalue weighted by Gasteiger charge is -2.01. The van der Waals surface area contributed by atoms with Crippen LogP contribution >= 0.6 is 11.8 Å². The molecule has 3 nitrogen and oxygen atoms in total. The summed E-state index contributed by atoms with van der Waals surface area (Å²) < 4.78 is 4.51. The molecule has 1 heterocycles. The molecule has 1 aromatic heterocycles. The van der Waals surface area contributed by atoms with Crippen LogP contribution in [0.15, 0.2) is 12.4 Å². The number of nitriles is 1. The molecule has 4 heteroatoms. The van der Waals surface area contributed by atoms with E-state index in [0.717, 1.165) is 19.5 Å². The van der Waals surface area contributed by atoms with Crippen molar-refractivity contribution in [2.45, 2.75) is 39.3 Å². The quantitative estimate of drug-likeness (QED) is 0.537. The Kier molecular flexibility index (Phi) is 6.02. The first-order valence-electron chi connectivity index (χ1n) is 5.76. The number of thioether (sulfide) groups is 1. The Morgan fingerprint density at radius 3 is 3.00 bits per heavy atom. The van der Waals surface area contributed by atoms with Gasteiger partial charge in [0.15, 0.2) is 0 Å². The minimum absolute atomic E-state index is 0.590. The normalized spacial score (nSPS) is 10.3. The van der Waals surface area contributed by atoms with Crippen LogP contribution in [0, 0.1) is 11.3 Å². The summed E-state index contributed by atoms with van der Waals surface area (Å²) in [6.45, 7) is 4.07. The largest absolute Gasteiger partial charge is 0.256 e. The second kappa shape index (κ2) is 7.34. The summed E-state index contributed by atoms with van der Waals surface area (Å²) >= 11 is 1.89. The molecule has 0 aromatic carbocycles.